The molecule has 2 rings (SSSR count). The van der Waals surface area contributed by atoms with E-state index in [0.717, 1.165) is 10.4 Å². The number of carbonyl (C=O) groups is 1. The molecule has 15 heavy (non-hydrogen) atoms. The van der Waals surface area contributed by atoms with Crippen LogP contribution < -0.4 is 0 Å². The summed E-state index contributed by atoms with van der Waals surface area (Å²) >= 11 is 1.58. The van der Waals surface area contributed by atoms with Gasteiger partial charge in [-0.1, -0.05) is 6.07 Å². The quantitative estimate of drug-likeness (QED) is 0.729. The fourth-order valence-corrected chi connectivity index (χ4v) is 2.08. The van der Waals surface area contributed by atoms with Crippen LogP contribution in [0.5, 0.6) is 0 Å². The van der Waals surface area contributed by atoms with E-state index in [1.54, 1.807) is 17.5 Å². The molecule has 0 aromatic carbocycles. The van der Waals surface area contributed by atoms with Crippen molar-refractivity contribution in [2.45, 2.75) is 0 Å². The molecule has 0 radical (unpaired) electrons. The molecule has 4 heteroatoms. The molecule has 0 spiro atoms. The topological polar surface area (TPSA) is 39.2 Å². The molecule has 0 atom stereocenters. The van der Waals surface area contributed by atoms with E-state index in [4.69, 9.17) is 4.74 Å². The summed E-state index contributed by atoms with van der Waals surface area (Å²) in [6.07, 6.45) is 3.20. The Labute approximate surface area is 91.4 Å². The van der Waals surface area contributed by atoms with Gasteiger partial charge in [-0.15, -0.1) is 11.3 Å². The van der Waals surface area contributed by atoms with Crippen LogP contribution in [0, 0.1) is 0 Å². The molecule has 2 aromatic rings. The molecule has 0 unspecified atom stereocenters. The molecule has 0 saturated heterocycles. The van der Waals surface area contributed by atoms with Gasteiger partial charge in [-0.2, -0.15) is 0 Å². The van der Waals surface area contributed by atoms with Crippen LogP contribution in [0.1, 0.15) is 10.4 Å². The van der Waals surface area contributed by atoms with Gasteiger partial charge < -0.3 is 4.74 Å². The summed E-state index contributed by atoms with van der Waals surface area (Å²) in [6, 6.07) is 5.73. The zero-order chi connectivity index (χ0) is 10.7. The summed E-state index contributed by atoms with van der Waals surface area (Å²) in [4.78, 5) is 16.4. The van der Waals surface area contributed by atoms with E-state index in [2.05, 4.69) is 4.98 Å². The van der Waals surface area contributed by atoms with Gasteiger partial charge in [0.25, 0.3) is 0 Å². The maximum atomic E-state index is 11.5. The summed E-state index contributed by atoms with van der Waals surface area (Å²) in [6.45, 7) is 0. The summed E-state index contributed by atoms with van der Waals surface area (Å²) in [5, 5.41) is 1.97. The lowest BCUT2D eigenvalue weighted by Gasteiger charge is -2.04. The van der Waals surface area contributed by atoms with E-state index in [1.165, 1.54) is 13.3 Å². The average molecular weight is 219 g/mol. The average Bonchev–Trinajstić information content (AvgIpc) is 2.81. The van der Waals surface area contributed by atoms with Crippen LogP contribution in [0.3, 0.4) is 0 Å². The number of nitrogens with zero attached hydrogens (tertiary/aromatic N) is 1. The third-order valence-electron chi connectivity index (χ3n) is 2.01. The Kier molecular flexibility index (Phi) is 2.78. The number of esters is 1. The molecule has 0 saturated carbocycles. The van der Waals surface area contributed by atoms with Gasteiger partial charge in [-0.05, 0) is 17.5 Å². The van der Waals surface area contributed by atoms with Crippen LogP contribution in [-0.4, -0.2) is 18.1 Å². The summed E-state index contributed by atoms with van der Waals surface area (Å²) in [5.41, 5.74) is 1.37. The number of hydrogen-bond donors (Lipinski definition) is 0. The lowest BCUT2D eigenvalue weighted by atomic mass is 10.1. The first-order valence-corrected chi connectivity index (χ1v) is 5.27. The van der Waals surface area contributed by atoms with Crippen molar-refractivity contribution in [2.24, 2.45) is 0 Å². The van der Waals surface area contributed by atoms with Crippen LogP contribution in [0.25, 0.3) is 10.4 Å². The van der Waals surface area contributed by atoms with Crippen LogP contribution in [0.4, 0.5) is 0 Å². The number of rotatable bonds is 2. The Morgan fingerprint density at radius 3 is 3.00 bits per heavy atom. The number of ether oxygens (including phenoxy) is 1. The largest absolute Gasteiger partial charge is 0.465 e. The maximum Gasteiger partial charge on any atom is 0.340 e. The lowest BCUT2D eigenvalue weighted by Crippen LogP contribution is -2.03. The first-order valence-electron chi connectivity index (χ1n) is 4.39. The number of thiophene rings is 1. The fraction of sp³-hybridized carbons (Fsp3) is 0.0909. The van der Waals surface area contributed by atoms with Crippen molar-refractivity contribution in [2.75, 3.05) is 7.11 Å². The van der Waals surface area contributed by atoms with Crippen molar-refractivity contribution >= 4 is 17.3 Å². The van der Waals surface area contributed by atoms with Crippen molar-refractivity contribution in [3.8, 4) is 10.4 Å². The van der Waals surface area contributed by atoms with Crippen molar-refractivity contribution in [1.82, 2.24) is 4.98 Å². The lowest BCUT2D eigenvalue weighted by molar-refractivity contribution is 0.0601. The minimum atomic E-state index is -0.355. The molecular formula is C11H9NO2S. The normalized spacial score (nSPS) is 9.93. The van der Waals surface area contributed by atoms with Gasteiger partial charge in [0.1, 0.15) is 0 Å². The molecule has 0 aliphatic rings. The smallest absolute Gasteiger partial charge is 0.340 e. The van der Waals surface area contributed by atoms with Gasteiger partial charge >= 0.3 is 5.97 Å². The molecule has 0 fully saturated rings. The van der Waals surface area contributed by atoms with Crippen molar-refractivity contribution in [3.05, 3.63) is 41.5 Å². The van der Waals surface area contributed by atoms with Crippen LogP contribution in [-0.2, 0) is 4.74 Å². The van der Waals surface area contributed by atoms with Gasteiger partial charge in [-0.3, -0.25) is 4.98 Å². The standard InChI is InChI=1S/C11H9NO2S/c1-14-11(13)9-7-12-5-4-8(9)10-3-2-6-15-10/h2-7H,1H3. The molecule has 0 bridgehead atoms. The number of hydrogen-bond acceptors (Lipinski definition) is 4. The molecule has 0 N–H and O–H groups in total. The molecule has 3 nitrogen and oxygen atoms in total. The number of methoxy groups -OCH3 is 1. The fourth-order valence-electron chi connectivity index (χ4n) is 1.31. The maximum absolute atomic E-state index is 11.5. The minimum Gasteiger partial charge on any atom is -0.465 e. The van der Waals surface area contributed by atoms with Crippen molar-refractivity contribution in [1.29, 1.82) is 0 Å². The highest BCUT2D eigenvalue weighted by Gasteiger charge is 2.13. The minimum absolute atomic E-state index is 0.355. The molecule has 2 aromatic heterocycles. The molecule has 0 aliphatic carbocycles. The van der Waals surface area contributed by atoms with Gasteiger partial charge in [0.05, 0.1) is 12.7 Å². The predicted molar refractivity (Wildman–Crippen MR) is 58.9 cm³/mol. The highest BCUT2D eigenvalue weighted by Crippen LogP contribution is 2.27. The Morgan fingerprint density at radius 1 is 1.47 bits per heavy atom. The van der Waals surface area contributed by atoms with Gasteiger partial charge in [0.15, 0.2) is 0 Å². The second-order valence-corrected chi connectivity index (χ2v) is 3.84. The van der Waals surface area contributed by atoms with E-state index >= 15 is 0 Å². The van der Waals surface area contributed by atoms with Crippen molar-refractivity contribution in [3.63, 3.8) is 0 Å². The predicted octanol–water partition coefficient (Wildman–Crippen LogP) is 2.60. The number of aromatic nitrogens is 1. The van der Waals surface area contributed by atoms with Crippen LogP contribution in [0.15, 0.2) is 36.0 Å². The van der Waals surface area contributed by atoms with E-state index in [9.17, 15) is 4.79 Å². The number of carbonyl (C=O) groups excluding carboxylic acids is 1. The first kappa shape index (κ1) is 9.86. The summed E-state index contributed by atoms with van der Waals surface area (Å²) in [5.74, 6) is -0.355. The Balaban J connectivity index is 2.52. The van der Waals surface area contributed by atoms with E-state index in [1.807, 2.05) is 23.6 Å². The van der Waals surface area contributed by atoms with Crippen LogP contribution >= 0.6 is 11.3 Å². The summed E-state index contributed by atoms with van der Waals surface area (Å²) < 4.78 is 4.70. The Bertz CT molecular complexity index is 465. The molecule has 76 valence electrons. The molecule has 0 amide bonds. The SMILES string of the molecule is COC(=O)c1cnccc1-c1cccs1. The van der Waals surface area contributed by atoms with Gasteiger partial charge in [0.2, 0.25) is 0 Å². The van der Waals surface area contributed by atoms with E-state index < -0.39 is 0 Å². The molecule has 0 aliphatic heterocycles. The third-order valence-corrected chi connectivity index (χ3v) is 2.92. The van der Waals surface area contributed by atoms with E-state index in [0.29, 0.717) is 5.56 Å². The first-order chi connectivity index (χ1) is 7.33. The zero-order valence-corrected chi connectivity index (χ0v) is 8.95. The van der Waals surface area contributed by atoms with Gasteiger partial charge in [-0.25, -0.2) is 4.79 Å². The van der Waals surface area contributed by atoms with Crippen molar-refractivity contribution < 1.29 is 9.53 Å². The second kappa shape index (κ2) is 4.23. The summed E-state index contributed by atoms with van der Waals surface area (Å²) in [7, 11) is 1.37. The third kappa shape index (κ3) is 1.89. The Morgan fingerprint density at radius 2 is 2.33 bits per heavy atom. The molecule has 2 heterocycles. The zero-order valence-electron chi connectivity index (χ0n) is 8.14. The monoisotopic (exact) mass is 219 g/mol. The Hall–Kier alpha value is -1.68. The molecular weight excluding hydrogens is 210 g/mol. The van der Waals surface area contributed by atoms with Gasteiger partial charge in [0, 0.05) is 22.8 Å². The highest BCUT2D eigenvalue weighted by atomic mass is 32.1. The van der Waals surface area contributed by atoms with Crippen LogP contribution in [0.2, 0.25) is 0 Å². The van der Waals surface area contributed by atoms with E-state index in [-0.39, 0.29) is 5.97 Å². The number of pyridine rings is 1. The second-order valence-electron chi connectivity index (χ2n) is 2.89. The highest BCUT2D eigenvalue weighted by molar-refractivity contribution is 7.13.